The van der Waals surface area contributed by atoms with Crippen LogP contribution in [0.3, 0.4) is 0 Å². The molecule has 1 unspecified atom stereocenters. The van der Waals surface area contributed by atoms with E-state index in [1.165, 1.54) is 18.2 Å². The van der Waals surface area contributed by atoms with Crippen LogP contribution in [0.15, 0.2) is 24.3 Å². The first-order chi connectivity index (χ1) is 8.80. The number of hydrogen-bond donors (Lipinski definition) is 2. The molecule has 1 rings (SSSR count). The first-order valence-corrected chi connectivity index (χ1v) is 5.95. The lowest BCUT2D eigenvalue weighted by Gasteiger charge is -2.19. The van der Waals surface area contributed by atoms with Gasteiger partial charge >= 0.3 is 12.1 Å². The van der Waals surface area contributed by atoms with Gasteiger partial charge in [-0.05, 0) is 31.9 Å². The third-order valence-electron chi connectivity index (χ3n) is 2.66. The maximum absolute atomic E-state index is 12.7. The van der Waals surface area contributed by atoms with Crippen molar-refractivity contribution in [2.45, 2.75) is 38.4 Å². The molecule has 0 heterocycles. The Morgan fingerprint density at radius 1 is 1.37 bits per heavy atom. The van der Waals surface area contributed by atoms with Gasteiger partial charge in [0.1, 0.15) is 0 Å². The van der Waals surface area contributed by atoms with Crippen LogP contribution in [0.4, 0.5) is 18.9 Å². The predicted molar refractivity (Wildman–Crippen MR) is 66.0 cm³/mol. The van der Waals surface area contributed by atoms with Crippen LogP contribution in [0.25, 0.3) is 0 Å². The fraction of sp³-hybridized carbons (Fsp3) is 0.462. The highest BCUT2D eigenvalue weighted by Crippen LogP contribution is 2.34. The van der Waals surface area contributed by atoms with Gasteiger partial charge in [-0.25, -0.2) is 0 Å². The van der Waals surface area contributed by atoms with Crippen LogP contribution in [0.5, 0.6) is 0 Å². The van der Waals surface area contributed by atoms with Gasteiger partial charge in [-0.15, -0.1) is 0 Å². The van der Waals surface area contributed by atoms with Crippen LogP contribution >= 0.6 is 0 Å². The Morgan fingerprint density at radius 2 is 2.00 bits per heavy atom. The number of halogens is 3. The molecular formula is C13H16F3NO2. The molecule has 0 radical (unpaired) electrons. The van der Waals surface area contributed by atoms with Crippen LogP contribution in [-0.4, -0.2) is 17.1 Å². The number of para-hydroxylation sites is 1. The van der Waals surface area contributed by atoms with Gasteiger partial charge in [-0.1, -0.05) is 12.1 Å². The number of carboxylic acid groups (broad SMARTS) is 1. The molecule has 0 bridgehead atoms. The highest BCUT2D eigenvalue weighted by Gasteiger charge is 2.33. The molecule has 0 aliphatic heterocycles. The van der Waals surface area contributed by atoms with E-state index < -0.39 is 17.7 Å². The predicted octanol–water partition coefficient (Wildman–Crippen LogP) is 3.76. The van der Waals surface area contributed by atoms with Crippen molar-refractivity contribution in [1.29, 1.82) is 0 Å². The third-order valence-corrected chi connectivity index (χ3v) is 2.66. The normalized spacial score (nSPS) is 13.1. The number of hydrogen-bond acceptors (Lipinski definition) is 2. The van der Waals surface area contributed by atoms with Crippen LogP contribution in [0, 0.1) is 0 Å². The summed E-state index contributed by atoms with van der Waals surface area (Å²) in [6.07, 6.45) is -3.45. The molecule has 19 heavy (non-hydrogen) atoms. The molecule has 0 saturated carbocycles. The Balaban J connectivity index is 2.64. The summed E-state index contributed by atoms with van der Waals surface area (Å²) in [6, 6.07) is 5.04. The molecule has 0 aliphatic rings. The molecule has 1 aromatic carbocycles. The molecular weight excluding hydrogens is 259 g/mol. The van der Waals surface area contributed by atoms with Gasteiger partial charge in [0.15, 0.2) is 0 Å². The lowest BCUT2D eigenvalue weighted by Crippen LogP contribution is -2.19. The largest absolute Gasteiger partial charge is 0.481 e. The monoisotopic (exact) mass is 275 g/mol. The fourth-order valence-corrected chi connectivity index (χ4v) is 1.75. The van der Waals surface area contributed by atoms with E-state index in [1.807, 2.05) is 0 Å². The topological polar surface area (TPSA) is 49.3 Å². The molecule has 3 nitrogen and oxygen atoms in total. The van der Waals surface area contributed by atoms with Gasteiger partial charge in [-0.2, -0.15) is 13.2 Å². The number of alkyl halides is 3. The zero-order valence-electron chi connectivity index (χ0n) is 10.5. The Kier molecular flexibility index (Phi) is 5.20. The van der Waals surface area contributed by atoms with Gasteiger partial charge < -0.3 is 10.4 Å². The molecule has 6 heteroatoms. The second-order valence-corrected chi connectivity index (χ2v) is 4.37. The van der Waals surface area contributed by atoms with Crippen molar-refractivity contribution in [3.05, 3.63) is 29.8 Å². The Bertz CT molecular complexity index is 432. The van der Waals surface area contributed by atoms with E-state index >= 15 is 0 Å². The number of benzene rings is 1. The van der Waals surface area contributed by atoms with Crippen molar-refractivity contribution in [1.82, 2.24) is 0 Å². The third kappa shape index (κ3) is 5.19. The number of rotatable bonds is 6. The number of aliphatic carboxylic acids is 1. The van der Waals surface area contributed by atoms with E-state index in [-0.39, 0.29) is 18.2 Å². The van der Waals surface area contributed by atoms with E-state index in [0.29, 0.717) is 12.8 Å². The summed E-state index contributed by atoms with van der Waals surface area (Å²) in [6.45, 7) is 1.73. The standard InChI is InChI=1S/C13H16F3NO2/c1-9(5-4-8-12(18)19)17-11-7-3-2-6-10(11)13(14,15)16/h2-3,6-7,9,17H,4-5,8H2,1H3,(H,18,19). The second-order valence-electron chi connectivity index (χ2n) is 4.37. The lowest BCUT2D eigenvalue weighted by atomic mass is 10.1. The van der Waals surface area contributed by atoms with Crippen molar-refractivity contribution in [3.63, 3.8) is 0 Å². The van der Waals surface area contributed by atoms with Gasteiger partial charge in [0.25, 0.3) is 0 Å². The molecule has 1 atom stereocenters. The van der Waals surface area contributed by atoms with E-state index in [1.54, 1.807) is 6.92 Å². The van der Waals surface area contributed by atoms with Crippen molar-refractivity contribution >= 4 is 11.7 Å². The average molecular weight is 275 g/mol. The summed E-state index contributed by atoms with van der Waals surface area (Å²) in [5.41, 5.74) is -0.682. The van der Waals surface area contributed by atoms with Crippen LogP contribution in [0.1, 0.15) is 31.7 Å². The molecule has 0 aliphatic carbocycles. The van der Waals surface area contributed by atoms with Gasteiger partial charge in [0, 0.05) is 18.2 Å². The summed E-state index contributed by atoms with van der Waals surface area (Å²) < 4.78 is 38.2. The summed E-state index contributed by atoms with van der Waals surface area (Å²) in [4.78, 5) is 10.4. The van der Waals surface area contributed by atoms with E-state index in [9.17, 15) is 18.0 Å². The fourth-order valence-electron chi connectivity index (χ4n) is 1.75. The summed E-state index contributed by atoms with van der Waals surface area (Å²) in [7, 11) is 0. The Hall–Kier alpha value is -1.72. The van der Waals surface area contributed by atoms with Crippen LogP contribution < -0.4 is 5.32 Å². The Morgan fingerprint density at radius 3 is 2.58 bits per heavy atom. The molecule has 0 fully saturated rings. The summed E-state index contributed by atoms with van der Waals surface area (Å²) in [5.74, 6) is -0.900. The summed E-state index contributed by atoms with van der Waals surface area (Å²) >= 11 is 0. The summed E-state index contributed by atoms with van der Waals surface area (Å²) in [5, 5.41) is 11.3. The molecule has 0 spiro atoms. The smallest absolute Gasteiger partial charge is 0.418 e. The second kappa shape index (κ2) is 6.45. The van der Waals surface area contributed by atoms with Crippen molar-refractivity contribution < 1.29 is 23.1 Å². The minimum atomic E-state index is -4.40. The highest BCUT2D eigenvalue weighted by molar-refractivity contribution is 5.66. The quantitative estimate of drug-likeness (QED) is 0.831. The highest BCUT2D eigenvalue weighted by atomic mass is 19.4. The van der Waals surface area contributed by atoms with E-state index in [4.69, 9.17) is 5.11 Å². The first-order valence-electron chi connectivity index (χ1n) is 5.95. The van der Waals surface area contributed by atoms with E-state index in [2.05, 4.69) is 5.32 Å². The number of nitrogens with one attached hydrogen (secondary N) is 1. The van der Waals surface area contributed by atoms with E-state index in [0.717, 1.165) is 6.07 Å². The number of carbonyl (C=O) groups is 1. The van der Waals surface area contributed by atoms with Crippen molar-refractivity contribution in [2.75, 3.05) is 5.32 Å². The molecule has 106 valence electrons. The Labute approximate surface area is 109 Å². The van der Waals surface area contributed by atoms with Gasteiger partial charge in [0.05, 0.1) is 5.56 Å². The molecule has 2 N–H and O–H groups in total. The first kappa shape index (κ1) is 15.3. The number of anilines is 1. The van der Waals surface area contributed by atoms with Gasteiger partial charge in [0.2, 0.25) is 0 Å². The van der Waals surface area contributed by atoms with Crippen LogP contribution in [-0.2, 0) is 11.0 Å². The van der Waals surface area contributed by atoms with Crippen LogP contribution in [0.2, 0.25) is 0 Å². The SMILES string of the molecule is CC(CCCC(=O)O)Nc1ccccc1C(F)(F)F. The maximum atomic E-state index is 12.7. The van der Waals surface area contributed by atoms with Crippen molar-refractivity contribution in [3.8, 4) is 0 Å². The zero-order chi connectivity index (χ0) is 14.5. The zero-order valence-corrected chi connectivity index (χ0v) is 10.5. The molecule has 0 aromatic heterocycles. The minimum absolute atomic E-state index is 0.0208. The van der Waals surface area contributed by atoms with Crippen molar-refractivity contribution in [2.24, 2.45) is 0 Å². The minimum Gasteiger partial charge on any atom is -0.481 e. The lowest BCUT2D eigenvalue weighted by molar-refractivity contribution is -0.137. The number of carboxylic acids is 1. The van der Waals surface area contributed by atoms with Gasteiger partial charge in [-0.3, -0.25) is 4.79 Å². The molecule has 0 saturated heterocycles. The maximum Gasteiger partial charge on any atom is 0.418 e. The average Bonchev–Trinajstić information content (AvgIpc) is 2.27. The molecule has 0 amide bonds. The molecule has 1 aromatic rings.